The number of nitrogens with one attached hydrogen (secondary N) is 3. The number of hydrogen-bond acceptors (Lipinski definition) is 3. The average molecular weight is 265 g/mol. The van der Waals surface area contributed by atoms with Gasteiger partial charge in [-0.1, -0.05) is 23.7 Å². The summed E-state index contributed by atoms with van der Waals surface area (Å²) in [7, 11) is 1.71. The second-order valence-electron chi connectivity index (χ2n) is 3.74. The van der Waals surface area contributed by atoms with Crippen LogP contribution < -0.4 is 10.6 Å². The minimum absolute atomic E-state index is 0.128. The van der Waals surface area contributed by atoms with Gasteiger partial charge in [0.25, 0.3) is 0 Å². The Hall–Kier alpha value is -1.85. The molecule has 0 aliphatic rings. The topological polar surface area (TPSA) is 69.8 Å². The van der Waals surface area contributed by atoms with Crippen LogP contribution >= 0.6 is 11.6 Å². The molecule has 0 saturated heterocycles. The molecule has 0 fully saturated rings. The van der Waals surface area contributed by atoms with Crippen LogP contribution in [0.25, 0.3) is 11.1 Å². The monoisotopic (exact) mass is 264 g/mol. The van der Waals surface area contributed by atoms with Gasteiger partial charge in [-0.25, -0.2) is 0 Å². The van der Waals surface area contributed by atoms with E-state index in [1.807, 2.05) is 12.1 Å². The summed E-state index contributed by atoms with van der Waals surface area (Å²) in [6.45, 7) is 0.249. The fourth-order valence-corrected chi connectivity index (χ4v) is 1.70. The Labute approximate surface area is 110 Å². The minimum atomic E-state index is -0.128. The van der Waals surface area contributed by atoms with Gasteiger partial charge in [-0.05, 0) is 24.7 Å². The maximum atomic E-state index is 11.5. The summed E-state index contributed by atoms with van der Waals surface area (Å²) in [5.74, 6) is 0.453. The third-order valence-electron chi connectivity index (χ3n) is 2.40. The highest BCUT2D eigenvalue weighted by Crippen LogP contribution is 2.26. The van der Waals surface area contributed by atoms with Crippen molar-refractivity contribution in [2.24, 2.45) is 0 Å². The summed E-state index contributed by atoms with van der Waals surface area (Å²) in [5.41, 5.74) is 1.77. The summed E-state index contributed by atoms with van der Waals surface area (Å²) in [4.78, 5) is 11.5. The molecule has 0 radical (unpaired) electrons. The van der Waals surface area contributed by atoms with Crippen LogP contribution in [0.5, 0.6) is 0 Å². The Morgan fingerprint density at radius 1 is 1.39 bits per heavy atom. The van der Waals surface area contributed by atoms with Gasteiger partial charge in [-0.15, -0.1) is 0 Å². The van der Waals surface area contributed by atoms with Gasteiger partial charge >= 0.3 is 0 Å². The summed E-state index contributed by atoms with van der Waals surface area (Å²) in [6.07, 6.45) is 1.66. The zero-order valence-electron chi connectivity index (χ0n) is 9.83. The Morgan fingerprint density at radius 3 is 2.78 bits per heavy atom. The first kappa shape index (κ1) is 12.6. The first-order valence-electron chi connectivity index (χ1n) is 5.44. The lowest BCUT2D eigenvalue weighted by Crippen LogP contribution is -2.25. The number of amides is 1. The molecule has 1 aromatic heterocycles. The van der Waals surface area contributed by atoms with E-state index in [4.69, 9.17) is 11.6 Å². The standard InChI is InChI=1S/C12H13ClN4O/c1-14-7-11(18)16-12-10(6-15-17-12)8-2-4-9(13)5-3-8/h2-6,14H,7H2,1H3,(H2,15,16,17,18). The SMILES string of the molecule is CNCC(=O)Nc1[nH]ncc1-c1ccc(Cl)cc1. The smallest absolute Gasteiger partial charge is 0.239 e. The average Bonchev–Trinajstić information content (AvgIpc) is 2.78. The highest BCUT2D eigenvalue weighted by molar-refractivity contribution is 6.30. The van der Waals surface area contributed by atoms with Gasteiger partial charge < -0.3 is 10.6 Å². The Morgan fingerprint density at radius 2 is 2.11 bits per heavy atom. The Kier molecular flexibility index (Phi) is 3.96. The van der Waals surface area contributed by atoms with E-state index in [9.17, 15) is 4.79 Å². The second-order valence-corrected chi connectivity index (χ2v) is 4.18. The molecule has 0 unspecified atom stereocenters. The molecule has 0 aliphatic heterocycles. The number of nitrogens with zero attached hydrogens (tertiary/aromatic N) is 1. The number of hydrogen-bond donors (Lipinski definition) is 3. The van der Waals surface area contributed by atoms with Crippen LogP contribution in [0, 0.1) is 0 Å². The number of carbonyl (C=O) groups excluding carboxylic acids is 1. The molecule has 0 spiro atoms. The number of halogens is 1. The van der Waals surface area contributed by atoms with Crippen molar-refractivity contribution in [3.05, 3.63) is 35.5 Å². The van der Waals surface area contributed by atoms with Gasteiger partial charge in [0.05, 0.1) is 12.7 Å². The number of benzene rings is 1. The van der Waals surface area contributed by atoms with E-state index in [1.54, 1.807) is 25.4 Å². The third-order valence-corrected chi connectivity index (χ3v) is 2.65. The second kappa shape index (κ2) is 5.66. The molecule has 2 rings (SSSR count). The van der Waals surface area contributed by atoms with Crippen LogP contribution in [0.2, 0.25) is 5.02 Å². The fraction of sp³-hybridized carbons (Fsp3) is 0.167. The molecule has 94 valence electrons. The van der Waals surface area contributed by atoms with Crippen LogP contribution in [0.1, 0.15) is 0 Å². The Bertz CT molecular complexity index is 535. The van der Waals surface area contributed by atoms with Crippen molar-refractivity contribution in [2.45, 2.75) is 0 Å². The first-order chi connectivity index (χ1) is 8.70. The van der Waals surface area contributed by atoms with Crippen LogP contribution in [0.3, 0.4) is 0 Å². The lowest BCUT2D eigenvalue weighted by atomic mass is 10.1. The van der Waals surface area contributed by atoms with Crippen LogP contribution in [-0.4, -0.2) is 29.7 Å². The lowest BCUT2D eigenvalue weighted by molar-refractivity contribution is -0.115. The molecule has 3 N–H and O–H groups in total. The quantitative estimate of drug-likeness (QED) is 0.790. The predicted octanol–water partition coefficient (Wildman–Crippen LogP) is 1.89. The van der Waals surface area contributed by atoms with Gasteiger partial charge in [0.15, 0.2) is 0 Å². The molecule has 1 amide bonds. The van der Waals surface area contributed by atoms with Gasteiger partial charge in [0.2, 0.25) is 5.91 Å². The van der Waals surface area contributed by atoms with E-state index in [0.29, 0.717) is 10.8 Å². The highest BCUT2D eigenvalue weighted by Gasteiger charge is 2.10. The highest BCUT2D eigenvalue weighted by atomic mass is 35.5. The number of aromatic nitrogens is 2. The van der Waals surface area contributed by atoms with Gasteiger partial charge in [0.1, 0.15) is 5.82 Å². The zero-order chi connectivity index (χ0) is 13.0. The van der Waals surface area contributed by atoms with Crippen molar-refractivity contribution in [3.63, 3.8) is 0 Å². The van der Waals surface area contributed by atoms with E-state index < -0.39 is 0 Å². The molecule has 5 nitrogen and oxygen atoms in total. The van der Waals surface area contributed by atoms with E-state index in [2.05, 4.69) is 20.8 Å². The maximum Gasteiger partial charge on any atom is 0.239 e. The summed E-state index contributed by atoms with van der Waals surface area (Å²) < 4.78 is 0. The Balaban J connectivity index is 2.22. The van der Waals surface area contributed by atoms with Gasteiger partial charge in [-0.3, -0.25) is 9.89 Å². The molecule has 0 saturated carbocycles. The molecular weight excluding hydrogens is 252 g/mol. The minimum Gasteiger partial charge on any atom is -0.311 e. The van der Waals surface area contributed by atoms with Gasteiger partial charge in [-0.2, -0.15) is 5.10 Å². The first-order valence-corrected chi connectivity index (χ1v) is 5.82. The van der Waals surface area contributed by atoms with E-state index in [1.165, 1.54) is 0 Å². The molecule has 0 bridgehead atoms. The van der Waals surface area contributed by atoms with E-state index in [-0.39, 0.29) is 12.5 Å². The van der Waals surface area contributed by atoms with Crippen LogP contribution in [0.4, 0.5) is 5.82 Å². The molecule has 1 aromatic carbocycles. The molecular formula is C12H13ClN4O. The van der Waals surface area contributed by atoms with Gasteiger partial charge in [0, 0.05) is 10.6 Å². The van der Waals surface area contributed by atoms with E-state index in [0.717, 1.165) is 11.1 Å². The summed E-state index contributed by atoms with van der Waals surface area (Å²) in [6, 6.07) is 7.34. The predicted molar refractivity (Wildman–Crippen MR) is 71.6 cm³/mol. The molecule has 18 heavy (non-hydrogen) atoms. The molecule has 0 aliphatic carbocycles. The molecule has 6 heteroatoms. The number of carbonyl (C=O) groups is 1. The molecule has 0 atom stereocenters. The summed E-state index contributed by atoms with van der Waals surface area (Å²) >= 11 is 5.84. The van der Waals surface area contributed by atoms with Crippen LogP contribution in [-0.2, 0) is 4.79 Å². The molecule has 2 aromatic rings. The largest absolute Gasteiger partial charge is 0.311 e. The van der Waals surface area contributed by atoms with Crippen molar-refractivity contribution in [1.82, 2.24) is 15.5 Å². The van der Waals surface area contributed by atoms with Crippen molar-refractivity contribution < 1.29 is 4.79 Å². The van der Waals surface area contributed by atoms with Crippen molar-refractivity contribution >= 4 is 23.3 Å². The fourth-order valence-electron chi connectivity index (χ4n) is 1.57. The van der Waals surface area contributed by atoms with Crippen LogP contribution in [0.15, 0.2) is 30.5 Å². The lowest BCUT2D eigenvalue weighted by Gasteiger charge is -2.05. The molecule has 1 heterocycles. The number of H-pyrrole nitrogens is 1. The van der Waals surface area contributed by atoms with Crippen molar-refractivity contribution in [3.8, 4) is 11.1 Å². The number of rotatable bonds is 4. The number of likely N-dealkylation sites (N-methyl/N-ethyl adjacent to an activating group) is 1. The zero-order valence-corrected chi connectivity index (χ0v) is 10.6. The number of anilines is 1. The van der Waals surface area contributed by atoms with Crippen molar-refractivity contribution in [2.75, 3.05) is 18.9 Å². The number of aromatic amines is 1. The van der Waals surface area contributed by atoms with Crippen molar-refractivity contribution in [1.29, 1.82) is 0 Å². The maximum absolute atomic E-state index is 11.5. The van der Waals surface area contributed by atoms with E-state index >= 15 is 0 Å². The summed E-state index contributed by atoms with van der Waals surface area (Å²) in [5, 5.41) is 12.9. The normalized spacial score (nSPS) is 10.3. The third kappa shape index (κ3) is 2.88.